The Hall–Kier alpha value is -1.51. The maximum atomic E-state index is 11.9. The van der Waals surface area contributed by atoms with Crippen molar-refractivity contribution in [3.8, 4) is 0 Å². The lowest BCUT2D eigenvalue weighted by Gasteiger charge is -2.12. The number of nitrogens with two attached hydrogens (primary N) is 1. The summed E-state index contributed by atoms with van der Waals surface area (Å²) in [7, 11) is 0. The Morgan fingerprint density at radius 2 is 2.09 bits per heavy atom. The zero-order chi connectivity index (χ0) is 14.7. The SMILES string of the molecule is I.NC(=NCCn1c(=O)[nH]c2ccccc21)NC1CCCC1. The molecule has 1 heterocycles. The number of H-pyrrole nitrogens is 1. The molecule has 0 atom stereocenters. The number of nitrogens with one attached hydrogen (secondary N) is 2. The van der Waals surface area contributed by atoms with Crippen molar-refractivity contribution in [2.75, 3.05) is 6.54 Å². The summed E-state index contributed by atoms with van der Waals surface area (Å²) in [5.74, 6) is 0.481. The average molecular weight is 415 g/mol. The molecule has 1 fully saturated rings. The lowest BCUT2D eigenvalue weighted by molar-refractivity contribution is 0.622. The smallest absolute Gasteiger partial charge is 0.326 e. The summed E-state index contributed by atoms with van der Waals surface area (Å²) in [6.45, 7) is 1.02. The Morgan fingerprint density at radius 1 is 1.36 bits per heavy atom. The summed E-state index contributed by atoms with van der Waals surface area (Å²) in [4.78, 5) is 19.1. The fraction of sp³-hybridized carbons (Fsp3) is 0.467. The fourth-order valence-corrected chi connectivity index (χ4v) is 2.92. The summed E-state index contributed by atoms with van der Waals surface area (Å²) in [6, 6.07) is 8.11. The van der Waals surface area contributed by atoms with Crippen molar-refractivity contribution in [2.45, 2.75) is 38.3 Å². The Balaban J connectivity index is 0.00000176. The molecule has 0 bridgehead atoms. The van der Waals surface area contributed by atoms with E-state index in [2.05, 4.69) is 15.3 Å². The van der Waals surface area contributed by atoms with E-state index in [0.29, 0.717) is 25.1 Å². The maximum absolute atomic E-state index is 11.9. The highest BCUT2D eigenvalue weighted by Gasteiger charge is 2.14. The van der Waals surface area contributed by atoms with Crippen molar-refractivity contribution in [3.05, 3.63) is 34.7 Å². The van der Waals surface area contributed by atoms with Crippen molar-refractivity contribution in [2.24, 2.45) is 10.7 Å². The molecule has 22 heavy (non-hydrogen) atoms. The number of aromatic amines is 1. The zero-order valence-electron chi connectivity index (χ0n) is 12.4. The highest BCUT2D eigenvalue weighted by Crippen LogP contribution is 2.17. The van der Waals surface area contributed by atoms with Gasteiger partial charge in [-0.2, -0.15) is 0 Å². The van der Waals surface area contributed by atoms with Gasteiger partial charge in [0.05, 0.1) is 17.6 Å². The van der Waals surface area contributed by atoms with Gasteiger partial charge in [0.25, 0.3) is 0 Å². The Bertz CT molecular complexity index is 699. The minimum Gasteiger partial charge on any atom is -0.370 e. The topological polar surface area (TPSA) is 88.2 Å². The van der Waals surface area contributed by atoms with Crippen molar-refractivity contribution in [1.82, 2.24) is 14.9 Å². The van der Waals surface area contributed by atoms with Crippen LogP contribution < -0.4 is 16.7 Å². The molecular formula is C15H22IN5O. The number of guanidine groups is 1. The normalized spacial score (nSPS) is 15.9. The van der Waals surface area contributed by atoms with Crippen LogP contribution in [-0.2, 0) is 6.54 Å². The third kappa shape index (κ3) is 3.82. The molecule has 1 aromatic heterocycles. The van der Waals surface area contributed by atoms with Gasteiger partial charge in [0, 0.05) is 12.6 Å². The molecule has 2 aromatic rings. The lowest BCUT2D eigenvalue weighted by Crippen LogP contribution is -2.38. The molecule has 0 spiro atoms. The van der Waals surface area contributed by atoms with E-state index in [4.69, 9.17) is 5.73 Å². The molecule has 1 saturated carbocycles. The molecule has 0 aliphatic heterocycles. The van der Waals surface area contributed by atoms with E-state index in [-0.39, 0.29) is 29.7 Å². The number of halogens is 1. The highest BCUT2D eigenvalue weighted by atomic mass is 127. The number of para-hydroxylation sites is 2. The predicted octanol–water partition coefficient (Wildman–Crippen LogP) is 1.79. The number of hydrogen-bond acceptors (Lipinski definition) is 2. The molecule has 6 nitrogen and oxygen atoms in total. The van der Waals surface area contributed by atoms with Crippen LogP contribution in [0.4, 0.5) is 0 Å². The van der Waals surface area contributed by atoms with Gasteiger partial charge in [-0.1, -0.05) is 25.0 Å². The first-order valence-electron chi connectivity index (χ1n) is 7.48. The second-order valence-corrected chi connectivity index (χ2v) is 5.49. The summed E-state index contributed by atoms with van der Waals surface area (Å²) in [5.41, 5.74) is 7.54. The van der Waals surface area contributed by atoms with E-state index >= 15 is 0 Å². The van der Waals surface area contributed by atoms with E-state index in [1.165, 1.54) is 12.8 Å². The number of imidazole rings is 1. The van der Waals surface area contributed by atoms with Crippen LogP contribution in [0.5, 0.6) is 0 Å². The number of aliphatic imine (C=N–C) groups is 1. The van der Waals surface area contributed by atoms with Gasteiger partial charge in [-0.05, 0) is 25.0 Å². The van der Waals surface area contributed by atoms with Gasteiger partial charge in [0.15, 0.2) is 5.96 Å². The largest absolute Gasteiger partial charge is 0.370 e. The standard InChI is InChI=1S/C15H21N5O.HI/c16-14(18-11-5-1-2-6-11)17-9-10-20-13-8-4-3-7-12(13)19-15(20)21;/h3-4,7-8,11H,1-2,5-6,9-10H2,(H,19,21)(H3,16,17,18);1H. The monoisotopic (exact) mass is 415 g/mol. The molecule has 1 aliphatic rings. The lowest BCUT2D eigenvalue weighted by atomic mass is 10.2. The minimum atomic E-state index is -0.103. The molecule has 0 amide bonds. The Morgan fingerprint density at radius 3 is 2.86 bits per heavy atom. The predicted molar refractivity (Wildman–Crippen MR) is 99.9 cm³/mol. The average Bonchev–Trinajstić information content (AvgIpc) is 3.07. The number of aromatic nitrogens is 2. The number of hydrogen-bond donors (Lipinski definition) is 3. The molecule has 1 aliphatic carbocycles. The molecule has 0 saturated heterocycles. The maximum Gasteiger partial charge on any atom is 0.326 e. The molecule has 7 heteroatoms. The molecule has 120 valence electrons. The third-order valence-corrected chi connectivity index (χ3v) is 3.99. The van der Waals surface area contributed by atoms with Crippen LogP contribution in [0, 0.1) is 0 Å². The molecule has 1 aromatic carbocycles. The highest BCUT2D eigenvalue weighted by molar-refractivity contribution is 14.0. The third-order valence-electron chi connectivity index (χ3n) is 3.99. The van der Waals surface area contributed by atoms with E-state index in [9.17, 15) is 4.79 Å². The van der Waals surface area contributed by atoms with Crippen LogP contribution in [0.3, 0.4) is 0 Å². The van der Waals surface area contributed by atoms with E-state index in [1.807, 2.05) is 24.3 Å². The molecular weight excluding hydrogens is 393 g/mol. The molecule has 0 unspecified atom stereocenters. The zero-order valence-corrected chi connectivity index (χ0v) is 14.7. The molecule has 0 radical (unpaired) electrons. The number of benzene rings is 1. The minimum absolute atomic E-state index is 0. The van der Waals surface area contributed by atoms with Crippen molar-refractivity contribution < 1.29 is 0 Å². The number of nitrogens with zero attached hydrogens (tertiary/aromatic N) is 2. The van der Waals surface area contributed by atoms with E-state index in [0.717, 1.165) is 23.9 Å². The van der Waals surface area contributed by atoms with Crippen LogP contribution in [-0.4, -0.2) is 28.1 Å². The van der Waals surface area contributed by atoms with Crippen molar-refractivity contribution in [1.29, 1.82) is 0 Å². The van der Waals surface area contributed by atoms with Crippen LogP contribution in [0.15, 0.2) is 34.1 Å². The summed E-state index contributed by atoms with van der Waals surface area (Å²) in [5, 5.41) is 3.24. The first-order valence-corrected chi connectivity index (χ1v) is 7.48. The van der Waals surface area contributed by atoms with Crippen LogP contribution in [0.25, 0.3) is 11.0 Å². The van der Waals surface area contributed by atoms with Gasteiger partial charge >= 0.3 is 5.69 Å². The summed E-state index contributed by atoms with van der Waals surface area (Å²) in [6.07, 6.45) is 4.85. The van der Waals surface area contributed by atoms with Gasteiger partial charge < -0.3 is 16.0 Å². The number of fused-ring (bicyclic) bond motifs is 1. The summed E-state index contributed by atoms with van der Waals surface area (Å²) < 4.78 is 1.70. The quantitative estimate of drug-likeness (QED) is 0.404. The van der Waals surface area contributed by atoms with Gasteiger partial charge in [0.1, 0.15) is 0 Å². The summed E-state index contributed by atoms with van der Waals surface area (Å²) >= 11 is 0. The molecule has 3 rings (SSSR count). The molecule has 4 N–H and O–H groups in total. The second kappa shape index (κ2) is 7.66. The fourth-order valence-electron chi connectivity index (χ4n) is 2.92. The van der Waals surface area contributed by atoms with Crippen molar-refractivity contribution in [3.63, 3.8) is 0 Å². The number of rotatable bonds is 4. The van der Waals surface area contributed by atoms with E-state index in [1.54, 1.807) is 4.57 Å². The first-order chi connectivity index (χ1) is 10.2. The van der Waals surface area contributed by atoms with E-state index < -0.39 is 0 Å². The Kier molecular flexibility index (Phi) is 5.87. The van der Waals surface area contributed by atoms with Crippen LogP contribution >= 0.6 is 24.0 Å². The second-order valence-electron chi connectivity index (χ2n) is 5.49. The van der Waals surface area contributed by atoms with Gasteiger partial charge in [-0.3, -0.25) is 9.56 Å². The van der Waals surface area contributed by atoms with Gasteiger partial charge in [0.2, 0.25) is 0 Å². The van der Waals surface area contributed by atoms with Gasteiger partial charge in [-0.25, -0.2) is 4.79 Å². The van der Waals surface area contributed by atoms with Gasteiger partial charge in [-0.15, -0.1) is 24.0 Å². The van der Waals surface area contributed by atoms with Crippen LogP contribution in [0.2, 0.25) is 0 Å². The van der Waals surface area contributed by atoms with Crippen LogP contribution in [0.1, 0.15) is 25.7 Å². The Labute approximate surface area is 146 Å². The van der Waals surface area contributed by atoms with Crippen molar-refractivity contribution >= 4 is 41.0 Å². The first kappa shape index (κ1) is 16.9.